The van der Waals surface area contributed by atoms with E-state index in [4.69, 9.17) is 9.47 Å². The van der Waals surface area contributed by atoms with Crippen molar-refractivity contribution < 1.29 is 27.5 Å². The number of hydrogen-bond acceptors (Lipinski definition) is 7. The zero-order chi connectivity index (χ0) is 23.0. The van der Waals surface area contributed by atoms with Gasteiger partial charge in [-0.1, -0.05) is 19.1 Å². The molecule has 1 amide bonds. The molecule has 0 aromatic heterocycles. The number of anilines is 2. The summed E-state index contributed by atoms with van der Waals surface area (Å²) in [5.74, 6) is -0.310. The van der Waals surface area contributed by atoms with Crippen LogP contribution in [0.1, 0.15) is 30.6 Å². The van der Waals surface area contributed by atoms with Crippen LogP contribution in [0.5, 0.6) is 5.75 Å². The van der Waals surface area contributed by atoms with Gasteiger partial charge in [0.1, 0.15) is 16.5 Å². The summed E-state index contributed by atoms with van der Waals surface area (Å²) in [7, 11) is -2.69. The minimum absolute atomic E-state index is 0.0199. The van der Waals surface area contributed by atoms with Crippen molar-refractivity contribution in [3.63, 3.8) is 0 Å². The van der Waals surface area contributed by atoms with E-state index in [1.807, 2.05) is 11.8 Å². The maximum Gasteiger partial charge on any atom is 0.348 e. The van der Waals surface area contributed by atoms with Crippen LogP contribution >= 0.6 is 0 Å². The first-order valence-corrected chi connectivity index (χ1v) is 11.6. The Bertz CT molecular complexity index is 1220. The lowest BCUT2D eigenvalue weighted by Crippen LogP contribution is -2.47. The van der Waals surface area contributed by atoms with E-state index in [9.17, 15) is 18.0 Å². The number of amides is 1. The van der Waals surface area contributed by atoms with Crippen LogP contribution in [0.25, 0.3) is 0 Å². The molecular weight excluding hydrogens is 434 g/mol. The predicted octanol–water partition coefficient (Wildman–Crippen LogP) is 2.60. The number of rotatable bonds is 4. The van der Waals surface area contributed by atoms with Crippen LogP contribution < -0.4 is 14.5 Å². The molecule has 10 heteroatoms. The van der Waals surface area contributed by atoms with Crippen molar-refractivity contribution in [2.24, 2.45) is 4.40 Å². The summed E-state index contributed by atoms with van der Waals surface area (Å²) in [5.41, 5.74) is 1.14. The first kappa shape index (κ1) is 21.8. The normalized spacial score (nSPS) is 18.7. The highest BCUT2D eigenvalue weighted by Crippen LogP contribution is 2.36. The van der Waals surface area contributed by atoms with Crippen molar-refractivity contribution in [3.05, 3.63) is 48.0 Å². The number of benzene rings is 2. The second kappa shape index (κ2) is 8.27. The highest BCUT2D eigenvalue weighted by Gasteiger charge is 2.36. The number of ether oxygens (including phenoxy) is 2. The van der Waals surface area contributed by atoms with Crippen LogP contribution in [0.4, 0.5) is 11.4 Å². The number of para-hydroxylation sites is 2. The highest BCUT2D eigenvalue weighted by molar-refractivity contribution is 7.90. The zero-order valence-corrected chi connectivity index (χ0v) is 18.8. The average molecular weight is 458 g/mol. The van der Waals surface area contributed by atoms with E-state index in [0.29, 0.717) is 29.5 Å². The molecule has 32 heavy (non-hydrogen) atoms. The summed E-state index contributed by atoms with van der Waals surface area (Å²) in [5, 5.41) is 0. The van der Waals surface area contributed by atoms with E-state index in [0.717, 1.165) is 6.42 Å². The first-order valence-electron chi connectivity index (χ1n) is 10.2. The molecule has 0 saturated heterocycles. The average Bonchev–Trinajstić information content (AvgIpc) is 2.79. The van der Waals surface area contributed by atoms with Gasteiger partial charge in [-0.25, -0.2) is 4.79 Å². The molecule has 0 spiro atoms. The SMILES string of the molecule is CCCN1C(C)=NS(=O)(=O)c2cc(C(=O)N3CC(C(=O)OC)Oc4ccccc43)ccc21. The third-order valence-electron chi connectivity index (χ3n) is 5.35. The minimum Gasteiger partial charge on any atom is -0.475 e. The minimum atomic E-state index is -3.94. The first-order chi connectivity index (χ1) is 15.3. The van der Waals surface area contributed by atoms with E-state index in [-0.39, 0.29) is 17.0 Å². The molecule has 2 aromatic rings. The van der Waals surface area contributed by atoms with Gasteiger partial charge < -0.3 is 19.3 Å². The van der Waals surface area contributed by atoms with Gasteiger partial charge in [0.2, 0.25) is 6.10 Å². The fourth-order valence-corrected chi connectivity index (χ4v) is 5.13. The third-order valence-corrected chi connectivity index (χ3v) is 6.74. The van der Waals surface area contributed by atoms with Gasteiger partial charge in [-0.15, -0.1) is 4.40 Å². The van der Waals surface area contributed by atoms with Crippen LogP contribution in [0.15, 0.2) is 51.8 Å². The molecule has 0 aliphatic carbocycles. The Hall–Kier alpha value is -3.40. The molecule has 2 aliphatic heterocycles. The molecule has 1 unspecified atom stereocenters. The fourth-order valence-electron chi connectivity index (χ4n) is 3.87. The van der Waals surface area contributed by atoms with E-state index >= 15 is 0 Å². The number of fused-ring (bicyclic) bond motifs is 2. The number of carbonyl (C=O) groups excluding carboxylic acids is 2. The van der Waals surface area contributed by atoms with Crippen molar-refractivity contribution >= 4 is 39.1 Å². The number of hydrogen-bond donors (Lipinski definition) is 0. The maximum atomic E-state index is 13.5. The molecule has 2 heterocycles. The third kappa shape index (κ3) is 3.70. The number of nitrogens with zero attached hydrogens (tertiary/aromatic N) is 3. The van der Waals surface area contributed by atoms with Crippen molar-refractivity contribution in [3.8, 4) is 5.75 Å². The topological polar surface area (TPSA) is 106 Å². The van der Waals surface area contributed by atoms with Crippen LogP contribution in [0.2, 0.25) is 0 Å². The molecule has 0 saturated carbocycles. The monoisotopic (exact) mass is 457 g/mol. The van der Waals surface area contributed by atoms with Crippen LogP contribution in [-0.2, 0) is 19.6 Å². The van der Waals surface area contributed by atoms with Gasteiger partial charge in [-0.05, 0) is 43.7 Å². The second-order valence-corrected chi connectivity index (χ2v) is 9.03. The Kier molecular flexibility index (Phi) is 5.64. The van der Waals surface area contributed by atoms with Crippen LogP contribution in [0, 0.1) is 0 Å². The van der Waals surface area contributed by atoms with Gasteiger partial charge in [-0.3, -0.25) is 4.79 Å². The highest BCUT2D eigenvalue weighted by atomic mass is 32.2. The molecule has 2 aliphatic rings. The molecule has 168 valence electrons. The van der Waals surface area contributed by atoms with Gasteiger partial charge in [0.15, 0.2) is 0 Å². The van der Waals surface area contributed by atoms with E-state index < -0.39 is 28.0 Å². The lowest BCUT2D eigenvalue weighted by molar-refractivity contribution is -0.148. The molecule has 9 nitrogen and oxygen atoms in total. The van der Waals surface area contributed by atoms with Crippen LogP contribution in [0.3, 0.4) is 0 Å². The van der Waals surface area contributed by atoms with E-state index in [1.54, 1.807) is 43.3 Å². The Morgan fingerprint density at radius 3 is 2.66 bits per heavy atom. The largest absolute Gasteiger partial charge is 0.475 e. The number of esters is 1. The zero-order valence-electron chi connectivity index (χ0n) is 17.9. The molecule has 4 rings (SSSR count). The van der Waals surface area contributed by atoms with E-state index in [2.05, 4.69) is 4.40 Å². The molecule has 0 fully saturated rings. The van der Waals surface area contributed by atoms with Gasteiger partial charge in [0.25, 0.3) is 15.9 Å². The Morgan fingerprint density at radius 2 is 1.94 bits per heavy atom. The maximum absolute atomic E-state index is 13.5. The van der Waals surface area contributed by atoms with Gasteiger partial charge in [0, 0.05) is 12.1 Å². The number of carbonyl (C=O) groups is 2. The van der Waals surface area contributed by atoms with Crippen molar-refractivity contribution in [1.29, 1.82) is 0 Å². The molecule has 2 aromatic carbocycles. The fraction of sp³-hybridized carbons (Fsp3) is 0.318. The summed E-state index contributed by atoms with van der Waals surface area (Å²) < 4.78 is 39.8. The molecule has 0 radical (unpaired) electrons. The summed E-state index contributed by atoms with van der Waals surface area (Å²) in [6.07, 6.45) is -0.195. The molecular formula is C22H23N3O6S. The Labute approximate surface area is 186 Å². The summed E-state index contributed by atoms with van der Waals surface area (Å²) >= 11 is 0. The quantitative estimate of drug-likeness (QED) is 0.650. The number of amidine groups is 1. The molecule has 0 N–H and O–H groups in total. The predicted molar refractivity (Wildman–Crippen MR) is 119 cm³/mol. The molecule has 1 atom stereocenters. The standard InChI is InChI=1S/C22H23N3O6S/c1-4-11-24-14(2)23-32(28,29)20-12-15(9-10-17(20)24)21(26)25-13-19(22(27)30-3)31-18-8-6-5-7-16(18)25/h5-10,12,19H,4,11,13H2,1-3H3. The number of sulfonamides is 1. The Balaban J connectivity index is 1.76. The van der Waals surface area contributed by atoms with Gasteiger partial charge in [0.05, 0.1) is 25.0 Å². The lowest BCUT2D eigenvalue weighted by atomic mass is 10.1. The van der Waals surface area contributed by atoms with Gasteiger partial charge >= 0.3 is 5.97 Å². The number of methoxy groups -OCH3 is 1. The van der Waals surface area contributed by atoms with Crippen molar-refractivity contribution in [1.82, 2.24) is 0 Å². The van der Waals surface area contributed by atoms with Gasteiger partial charge in [-0.2, -0.15) is 8.42 Å². The summed E-state index contributed by atoms with van der Waals surface area (Å²) in [6, 6.07) is 11.4. The summed E-state index contributed by atoms with van der Waals surface area (Å²) in [4.78, 5) is 28.8. The Morgan fingerprint density at radius 1 is 1.19 bits per heavy atom. The second-order valence-electron chi connectivity index (χ2n) is 7.46. The lowest BCUT2D eigenvalue weighted by Gasteiger charge is -2.34. The van der Waals surface area contributed by atoms with E-state index in [1.165, 1.54) is 18.1 Å². The smallest absolute Gasteiger partial charge is 0.348 e. The van der Waals surface area contributed by atoms with Crippen molar-refractivity contribution in [2.75, 3.05) is 30.0 Å². The van der Waals surface area contributed by atoms with Crippen LogP contribution in [-0.4, -0.2) is 52.4 Å². The summed E-state index contributed by atoms with van der Waals surface area (Å²) in [6.45, 7) is 4.17. The molecule has 0 bridgehead atoms. The van der Waals surface area contributed by atoms with Crippen molar-refractivity contribution in [2.45, 2.75) is 31.3 Å².